The Balaban J connectivity index is 2.48. The molecule has 0 unspecified atom stereocenters. The number of aliphatic hydroxyl groups is 1. The summed E-state index contributed by atoms with van der Waals surface area (Å²) in [5, 5.41) is 11.2. The van der Waals surface area contributed by atoms with Gasteiger partial charge in [-0.1, -0.05) is 29.8 Å². The predicted molar refractivity (Wildman–Crippen MR) is 61.2 cm³/mol. The van der Waals surface area contributed by atoms with Crippen molar-refractivity contribution in [3.05, 3.63) is 35.4 Å². The van der Waals surface area contributed by atoms with Crippen LogP contribution in [-0.4, -0.2) is 24.4 Å². The summed E-state index contributed by atoms with van der Waals surface area (Å²) in [4.78, 5) is 11.2. The average Bonchev–Trinajstić information content (AvgIpc) is 2.27. The normalized spacial score (nSPS) is 11.9. The minimum absolute atomic E-state index is 0.0203. The summed E-state index contributed by atoms with van der Waals surface area (Å²) in [5.74, 6) is 0. The monoisotopic (exact) mass is 223 g/mol. The second-order valence-electron chi connectivity index (χ2n) is 3.64. The van der Waals surface area contributed by atoms with Crippen LogP contribution in [0.25, 0.3) is 0 Å². The third-order valence-corrected chi connectivity index (χ3v) is 2.24. The summed E-state index contributed by atoms with van der Waals surface area (Å²) >= 11 is 0. The summed E-state index contributed by atoms with van der Waals surface area (Å²) in [5.41, 5.74) is 2.20. The molecular weight excluding hydrogens is 206 g/mol. The van der Waals surface area contributed by atoms with Crippen LogP contribution in [0.5, 0.6) is 0 Å². The number of nitrogens with one attached hydrogen (secondary N) is 1. The molecule has 1 atom stereocenters. The number of amides is 1. The van der Waals surface area contributed by atoms with Gasteiger partial charge in [-0.25, -0.2) is 4.79 Å². The van der Waals surface area contributed by atoms with E-state index in [1.54, 1.807) is 0 Å². The molecule has 0 fully saturated rings. The van der Waals surface area contributed by atoms with Crippen LogP contribution in [0.15, 0.2) is 24.3 Å². The molecule has 0 aliphatic rings. The van der Waals surface area contributed by atoms with Crippen LogP contribution in [0.4, 0.5) is 4.79 Å². The second-order valence-corrected chi connectivity index (χ2v) is 3.64. The van der Waals surface area contributed by atoms with Gasteiger partial charge in [0, 0.05) is 0 Å². The van der Waals surface area contributed by atoms with Crippen molar-refractivity contribution in [2.24, 2.45) is 0 Å². The van der Waals surface area contributed by atoms with Crippen molar-refractivity contribution < 1.29 is 14.6 Å². The highest BCUT2D eigenvalue weighted by molar-refractivity contribution is 5.67. The van der Waals surface area contributed by atoms with Gasteiger partial charge < -0.3 is 15.2 Å². The lowest BCUT2D eigenvalue weighted by molar-refractivity contribution is 0.116. The van der Waals surface area contributed by atoms with Crippen molar-refractivity contribution in [3.63, 3.8) is 0 Å². The topological polar surface area (TPSA) is 58.6 Å². The van der Waals surface area contributed by atoms with E-state index in [1.807, 2.05) is 38.1 Å². The van der Waals surface area contributed by atoms with Crippen LogP contribution < -0.4 is 5.32 Å². The van der Waals surface area contributed by atoms with Crippen LogP contribution in [0.3, 0.4) is 0 Å². The summed E-state index contributed by atoms with van der Waals surface area (Å²) in [6.07, 6.45) is -0.512. The maximum absolute atomic E-state index is 11.2. The highest BCUT2D eigenvalue weighted by Crippen LogP contribution is 2.12. The van der Waals surface area contributed by atoms with E-state index in [0.29, 0.717) is 0 Å². The van der Waals surface area contributed by atoms with Gasteiger partial charge >= 0.3 is 6.09 Å². The van der Waals surface area contributed by atoms with Gasteiger partial charge in [0.1, 0.15) is 6.61 Å². The number of aryl methyl sites for hydroxylation is 1. The Kier molecular flexibility index (Phi) is 4.79. The Morgan fingerprint density at radius 2 is 2.06 bits per heavy atom. The standard InChI is InChI=1S/C12H17NO3/c1-9-3-5-11(6-4-9)10(2)13-12(15)16-8-7-14/h3-6,10,14H,7-8H2,1-2H3,(H,13,15)/t10-/m0/s1. The van der Waals surface area contributed by atoms with E-state index in [1.165, 1.54) is 5.56 Å². The molecule has 0 radical (unpaired) electrons. The Labute approximate surface area is 95.2 Å². The molecule has 0 bridgehead atoms. The molecule has 4 nitrogen and oxygen atoms in total. The minimum Gasteiger partial charge on any atom is -0.447 e. The highest BCUT2D eigenvalue weighted by Gasteiger charge is 2.09. The Morgan fingerprint density at radius 1 is 1.44 bits per heavy atom. The highest BCUT2D eigenvalue weighted by atomic mass is 16.6. The van der Waals surface area contributed by atoms with Crippen molar-refractivity contribution in [2.45, 2.75) is 19.9 Å². The van der Waals surface area contributed by atoms with Crippen molar-refractivity contribution in [1.29, 1.82) is 0 Å². The first-order valence-corrected chi connectivity index (χ1v) is 5.24. The van der Waals surface area contributed by atoms with Gasteiger partial charge in [0.2, 0.25) is 0 Å². The molecule has 0 saturated heterocycles. The zero-order chi connectivity index (χ0) is 12.0. The minimum atomic E-state index is -0.512. The van der Waals surface area contributed by atoms with E-state index >= 15 is 0 Å². The van der Waals surface area contributed by atoms with E-state index in [4.69, 9.17) is 9.84 Å². The Bertz CT molecular complexity index is 335. The summed E-state index contributed by atoms with van der Waals surface area (Å²) < 4.78 is 4.71. The van der Waals surface area contributed by atoms with Crippen LogP contribution >= 0.6 is 0 Å². The lowest BCUT2D eigenvalue weighted by atomic mass is 10.1. The number of hydrogen-bond donors (Lipinski definition) is 2. The zero-order valence-electron chi connectivity index (χ0n) is 9.56. The van der Waals surface area contributed by atoms with Gasteiger partial charge in [-0.15, -0.1) is 0 Å². The maximum Gasteiger partial charge on any atom is 0.407 e. The molecule has 1 rings (SSSR count). The molecule has 0 aromatic heterocycles. The number of aliphatic hydroxyl groups excluding tert-OH is 1. The molecule has 1 amide bonds. The fraction of sp³-hybridized carbons (Fsp3) is 0.417. The van der Waals surface area contributed by atoms with Gasteiger partial charge in [0.15, 0.2) is 0 Å². The molecular formula is C12H17NO3. The molecule has 2 N–H and O–H groups in total. The molecule has 0 spiro atoms. The smallest absolute Gasteiger partial charge is 0.407 e. The lowest BCUT2D eigenvalue weighted by Crippen LogP contribution is -2.28. The van der Waals surface area contributed by atoms with E-state index in [2.05, 4.69) is 5.32 Å². The molecule has 4 heteroatoms. The Morgan fingerprint density at radius 3 is 2.62 bits per heavy atom. The zero-order valence-corrected chi connectivity index (χ0v) is 9.56. The maximum atomic E-state index is 11.2. The third-order valence-electron chi connectivity index (χ3n) is 2.24. The molecule has 0 aliphatic carbocycles. The van der Waals surface area contributed by atoms with Gasteiger partial charge in [0.05, 0.1) is 12.6 Å². The van der Waals surface area contributed by atoms with Gasteiger partial charge in [-0.3, -0.25) is 0 Å². The number of carbonyl (C=O) groups excluding carboxylic acids is 1. The summed E-state index contributed by atoms with van der Waals surface area (Å²) in [6.45, 7) is 3.75. The molecule has 16 heavy (non-hydrogen) atoms. The van der Waals surface area contributed by atoms with Crippen molar-refractivity contribution in [2.75, 3.05) is 13.2 Å². The molecule has 1 aromatic carbocycles. The van der Waals surface area contributed by atoms with Crippen LogP contribution in [-0.2, 0) is 4.74 Å². The largest absolute Gasteiger partial charge is 0.447 e. The molecule has 0 heterocycles. The fourth-order valence-electron chi connectivity index (χ4n) is 1.30. The molecule has 0 aliphatic heterocycles. The first-order chi connectivity index (χ1) is 7.63. The summed E-state index contributed by atoms with van der Waals surface area (Å²) in [7, 11) is 0. The number of carbonyl (C=O) groups is 1. The van der Waals surface area contributed by atoms with Gasteiger partial charge in [0.25, 0.3) is 0 Å². The summed E-state index contributed by atoms with van der Waals surface area (Å²) in [6, 6.07) is 7.81. The Hall–Kier alpha value is -1.55. The molecule has 1 aromatic rings. The lowest BCUT2D eigenvalue weighted by Gasteiger charge is -2.14. The van der Waals surface area contributed by atoms with Crippen molar-refractivity contribution in [3.8, 4) is 0 Å². The fourth-order valence-corrected chi connectivity index (χ4v) is 1.30. The predicted octanol–water partition coefficient (Wildman–Crippen LogP) is 1.77. The van der Waals surface area contributed by atoms with E-state index in [-0.39, 0.29) is 19.3 Å². The number of rotatable bonds is 4. The van der Waals surface area contributed by atoms with Crippen LogP contribution in [0.2, 0.25) is 0 Å². The van der Waals surface area contributed by atoms with E-state index < -0.39 is 6.09 Å². The first-order valence-electron chi connectivity index (χ1n) is 5.24. The van der Waals surface area contributed by atoms with E-state index in [0.717, 1.165) is 5.56 Å². The van der Waals surface area contributed by atoms with E-state index in [9.17, 15) is 4.79 Å². The van der Waals surface area contributed by atoms with Crippen LogP contribution in [0, 0.1) is 6.92 Å². The van der Waals surface area contributed by atoms with Gasteiger partial charge in [-0.05, 0) is 19.4 Å². The molecule has 88 valence electrons. The number of alkyl carbamates (subject to hydrolysis) is 1. The first kappa shape index (κ1) is 12.5. The van der Waals surface area contributed by atoms with Crippen molar-refractivity contribution >= 4 is 6.09 Å². The quantitative estimate of drug-likeness (QED) is 0.818. The third kappa shape index (κ3) is 3.90. The SMILES string of the molecule is Cc1ccc([C@H](C)NC(=O)OCCO)cc1. The average molecular weight is 223 g/mol. The molecule has 0 saturated carbocycles. The number of hydrogen-bond acceptors (Lipinski definition) is 3. The number of benzene rings is 1. The van der Waals surface area contributed by atoms with Gasteiger partial charge in [-0.2, -0.15) is 0 Å². The number of ether oxygens (including phenoxy) is 1. The van der Waals surface area contributed by atoms with Crippen molar-refractivity contribution in [1.82, 2.24) is 5.32 Å². The second kappa shape index (κ2) is 6.12. The van der Waals surface area contributed by atoms with Crippen LogP contribution in [0.1, 0.15) is 24.1 Å².